The number of fused-ring (bicyclic) bond motifs is 1. The second-order valence-corrected chi connectivity index (χ2v) is 9.29. The lowest BCUT2D eigenvalue weighted by atomic mass is 9.95. The maximum Gasteiger partial charge on any atom is 0.278 e. The predicted molar refractivity (Wildman–Crippen MR) is 94.2 cm³/mol. The number of rotatable bonds is 3. The second kappa shape index (κ2) is 5.26. The zero-order chi connectivity index (χ0) is 17.9. The van der Waals surface area contributed by atoms with Gasteiger partial charge in [0.25, 0.3) is 5.89 Å². The van der Waals surface area contributed by atoms with Crippen LogP contribution in [0.15, 0.2) is 34.9 Å². The zero-order valence-electron chi connectivity index (χ0n) is 14.3. The number of hydrogen-bond acceptors (Lipinski definition) is 6. The van der Waals surface area contributed by atoms with Crippen LogP contribution in [0.2, 0.25) is 0 Å². The number of benzene rings is 1. The van der Waals surface area contributed by atoms with E-state index >= 15 is 0 Å². The van der Waals surface area contributed by atoms with E-state index < -0.39 is 9.84 Å². The Morgan fingerprint density at radius 2 is 1.96 bits per heavy atom. The Kier molecular flexibility index (Phi) is 3.19. The summed E-state index contributed by atoms with van der Waals surface area (Å²) >= 11 is 0. The maximum atomic E-state index is 12.1. The molecule has 0 unspecified atom stereocenters. The van der Waals surface area contributed by atoms with E-state index in [0.29, 0.717) is 29.4 Å². The molecular formula is C18H18N4O3S. The summed E-state index contributed by atoms with van der Waals surface area (Å²) in [5.41, 5.74) is 3.10. The van der Waals surface area contributed by atoms with Crippen LogP contribution in [0.4, 0.5) is 0 Å². The van der Waals surface area contributed by atoms with Gasteiger partial charge < -0.3 is 4.52 Å². The Bertz CT molecular complexity index is 1090. The Morgan fingerprint density at radius 1 is 1.19 bits per heavy atom. The third-order valence-corrected chi connectivity index (χ3v) is 6.98. The minimum Gasteiger partial charge on any atom is -0.332 e. The van der Waals surface area contributed by atoms with Gasteiger partial charge in [-0.3, -0.25) is 4.68 Å². The van der Waals surface area contributed by atoms with Gasteiger partial charge in [0.15, 0.2) is 21.4 Å². The van der Waals surface area contributed by atoms with Gasteiger partial charge in [-0.2, -0.15) is 10.1 Å². The summed E-state index contributed by atoms with van der Waals surface area (Å²) in [6.45, 7) is 0. The number of sulfone groups is 1. The molecule has 0 bridgehead atoms. The minimum atomic E-state index is -3.11. The molecule has 0 spiro atoms. The highest BCUT2D eigenvalue weighted by molar-refractivity contribution is 7.90. The first kappa shape index (κ1) is 15.7. The van der Waals surface area contributed by atoms with Gasteiger partial charge in [0, 0.05) is 24.7 Å². The van der Waals surface area contributed by atoms with E-state index in [0.717, 1.165) is 18.5 Å². The molecule has 2 aliphatic rings. The van der Waals surface area contributed by atoms with Crippen molar-refractivity contribution >= 4 is 9.84 Å². The van der Waals surface area contributed by atoms with Gasteiger partial charge in [-0.1, -0.05) is 35.5 Å². The van der Waals surface area contributed by atoms with Crippen molar-refractivity contribution in [1.82, 2.24) is 19.9 Å². The van der Waals surface area contributed by atoms with E-state index in [1.54, 1.807) is 4.68 Å². The minimum absolute atomic E-state index is 0.0208. The molecule has 134 valence electrons. The average Bonchev–Trinajstić information content (AvgIpc) is 3.18. The smallest absolute Gasteiger partial charge is 0.278 e. The standard InChI is InChI=1S/C18H18N4O3S/c1-22-14-7-10-26(23,24)11-13(14)15(20-22)16-19-17(21-25-16)18(8-9-18)12-5-3-2-4-6-12/h2-6H,7-11H2,1H3. The highest BCUT2D eigenvalue weighted by Gasteiger charge is 2.50. The lowest BCUT2D eigenvalue weighted by Gasteiger charge is -2.13. The summed E-state index contributed by atoms with van der Waals surface area (Å²) in [6.07, 6.45) is 2.42. The molecule has 0 amide bonds. The molecule has 3 heterocycles. The summed E-state index contributed by atoms with van der Waals surface area (Å²) in [4.78, 5) is 4.61. The Balaban J connectivity index is 1.57. The van der Waals surface area contributed by atoms with Crippen molar-refractivity contribution in [1.29, 1.82) is 0 Å². The molecule has 3 aromatic rings. The van der Waals surface area contributed by atoms with E-state index in [-0.39, 0.29) is 16.9 Å². The van der Waals surface area contributed by atoms with Gasteiger partial charge in [0.05, 0.1) is 16.9 Å². The lowest BCUT2D eigenvalue weighted by Crippen LogP contribution is -2.20. The third-order valence-electron chi connectivity index (χ3n) is 5.42. The van der Waals surface area contributed by atoms with Crippen molar-refractivity contribution in [2.24, 2.45) is 7.05 Å². The molecular weight excluding hydrogens is 352 g/mol. The largest absolute Gasteiger partial charge is 0.332 e. The molecule has 0 atom stereocenters. The van der Waals surface area contributed by atoms with Gasteiger partial charge in [0.2, 0.25) is 0 Å². The van der Waals surface area contributed by atoms with Crippen molar-refractivity contribution in [2.75, 3.05) is 5.75 Å². The van der Waals surface area contributed by atoms with E-state index in [9.17, 15) is 8.42 Å². The molecule has 0 N–H and O–H groups in total. The first-order chi connectivity index (χ1) is 12.5. The van der Waals surface area contributed by atoms with Crippen LogP contribution in [0.3, 0.4) is 0 Å². The molecule has 26 heavy (non-hydrogen) atoms. The van der Waals surface area contributed by atoms with Crippen LogP contribution in [-0.2, 0) is 34.5 Å². The van der Waals surface area contributed by atoms with Crippen LogP contribution in [0.25, 0.3) is 11.6 Å². The van der Waals surface area contributed by atoms with Gasteiger partial charge in [0.1, 0.15) is 0 Å². The summed E-state index contributed by atoms with van der Waals surface area (Å²) in [5.74, 6) is 1.09. The first-order valence-corrected chi connectivity index (χ1v) is 10.5. The normalized spacial score (nSPS) is 19.9. The zero-order valence-corrected chi connectivity index (χ0v) is 15.2. The first-order valence-electron chi connectivity index (χ1n) is 8.64. The highest BCUT2D eigenvalue weighted by atomic mass is 32.2. The number of nitrogens with zero attached hydrogens (tertiary/aromatic N) is 4. The molecule has 1 aromatic carbocycles. The number of aromatic nitrogens is 4. The molecule has 7 nitrogen and oxygen atoms in total. The SMILES string of the molecule is Cn1nc(-c2nc(C3(c4ccccc4)CC3)no2)c2c1CCS(=O)(=O)C2. The van der Waals surface area contributed by atoms with Crippen molar-refractivity contribution in [3.8, 4) is 11.6 Å². The molecule has 5 rings (SSSR count). The van der Waals surface area contributed by atoms with Crippen LogP contribution in [-0.4, -0.2) is 34.1 Å². The molecule has 0 radical (unpaired) electrons. The van der Waals surface area contributed by atoms with Crippen molar-refractivity contribution in [3.63, 3.8) is 0 Å². The molecule has 1 aliphatic heterocycles. The van der Waals surface area contributed by atoms with Crippen molar-refractivity contribution < 1.29 is 12.9 Å². The van der Waals surface area contributed by atoms with Crippen molar-refractivity contribution in [3.05, 3.63) is 53.0 Å². The van der Waals surface area contributed by atoms with E-state index in [2.05, 4.69) is 27.4 Å². The van der Waals surface area contributed by atoms with Crippen LogP contribution < -0.4 is 0 Å². The topological polar surface area (TPSA) is 90.9 Å². The molecule has 8 heteroatoms. The van der Waals surface area contributed by atoms with Gasteiger partial charge in [-0.25, -0.2) is 8.42 Å². The Morgan fingerprint density at radius 3 is 2.69 bits per heavy atom. The molecule has 2 aromatic heterocycles. The fraction of sp³-hybridized carbons (Fsp3) is 0.389. The van der Waals surface area contributed by atoms with Gasteiger partial charge >= 0.3 is 0 Å². The molecule has 1 aliphatic carbocycles. The van der Waals surface area contributed by atoms with E-state index in [1.165, 1.54) is 5.56 Å². The van der Waals surface area contributed by atoms with Crippen molar-refractivity contribution in [2.45, 2.75) is 30.4 Å². The molecule has 0 saturated heterocycles. The fourth-order valence-electron chi connectivity index (χ4n) is 3.82. The molecule has 1 saturated carbocycles. The summed E-state index contributed by atoms with van der Waals surface area (Å²) in [6, 6.07) is 10.2. The maximum absolute atomic E-state index is 12.1. The monoisotopic (exact) mass is 370 g/mol. The van der Waals surface area contributed by atoms with E-state index in [4.69, 9.17) is 4.52 Å². The van der Waals surface area contributed by atoms with Crippen LogP contribution in [0.5, 0.6) is 0 Å². The number of aryl methyl sites for hydroxylation is 1. The van der Waals surface area contributed by atoms with Gasteiger partial charge in [-0.05, 0) is 18.4 Å². The van der Waals surface area contributed by atoms with Gasteiger partial charge in [-0.15, -0.1) is 0 Å². The lowest BCUT2D eigenvalue weighted by molar-refractivity contribution is 0.416. The van der Waals surface area contributed by atoms with E-state index in [1.807, 2.05) is 25.2 Å². The van der Waals surface area contributed by atoms with Crippen LogP contribution in [0, 0.1) is 0 Å². The quantitative estimate of drug-likeness (QED) is 0.700. The Labute approximate surface area is 151 Å². The summed E-state index contributed by atoms with van der Waals surface area (Å²) < 4.78 is 31.4. The summed E-state index contributed by atoms with van der Waals surface area (Å²) in [7, 11) is -1.29. The summed E-state index contributed by atoms with van der Waals surface area (Å²) in [5, 5.41) is 8.69. The Hall–Kier alpha value is -2.48. The average molecular weight is 370 g/mol. The highest BCUT2D eigenvalue weighted by Crippen LogP contribution is 2.52. The fourth-order valence-corrected chi connectivity index (χ4v) is 5.21. The van der Waals surface area contributed by atoms with Crippen LogP contribution in [0.1, 0.15) is 35.5 Å². The predicted octanol–water partition coefficient (Wildman–Crippen LogP) is 2.02. The molecule has 1 fully saturated rings. The number of hydrogen-bond donors (Lipinski definition) is 0. The van der Waals surface area contributed by atoms with Crippen LogP contribution >= 0.6 is 0 Å². The second-order valence-electron chi connectivity index (χ2n) is 7.11. The third kappa shape index (κ3) is 2.32.